The van der Waals surface area contributed by atoms with E-state index in [1.807, 2.05) is 6.07 Å². The van der Waals surface area contributed by atoms with E-state index in [0.717, 1.165) is 5.56 Å². The quantitative estimate of drug-likeness (QED) is 0.785. The van der Waals surface area contributed by atoms with Crippen molar-refractivity contribution in [1.82, 2.24) is 20.2 Å². The highest BCUT2D eigenvalue weighted by Crippen LogP contribution is 2.18. The molecule has 0 saturated carbocycles. The molecule has 0 aliphatic rings. The van der Waals surface area contributed by atoms with Crippen molar-refractivity contribution in [2.24, 2.45) is 0 Å². The monoisotopic (exact) mass is 347 g/mol. The maximum Gasteiger partial charge on any atom is 0.248 e. The molecule has 0 aliphatic carbocycles. The predicted octanol–water partition coefficient (Wildman–Crippen LogP) is 3.29. The van der Waals surface area contributed by atoms with Gasteiger partial charge in [0.25, 0.3) is 0 Å². The lowest BCUT2D eigenvalue weighted by Gasteiger charge is -2.04. The molecule has 8 heteroatoms. The van der Waals surface area contributed by atoms with Gasteiger partial charge in [0.05, 0.1) is 0 Å². The largest absolute Gasteiger partial charge is 0.324 e. The molecule has 1 aromatic heterocycles. The summed E-state index contributed by atoms with van der Waals surface area (Å²) in [5.74, 6) is 0.147. The van der Waals surface area contributed by atoms with Crippen LogP contribution in [-0.2, 0) is 11.3 Å². The Labute approximate surface area is 142 Å². The minimum atomic E-state index is -0.262. The van der Waals surface area contributed by atoms with Gasteiger partial charge >= 0.3 is 0 Å². The molecule has 0 aliphatic heterocycles. The lowest BCUT2D eigenvalue weighted by Crippen LogP contribution is -2.20. The molecule has 0 saturated heterocycles. The van der Waals surface area contributed by atoms with E-state index in [0.29, 0.717) is 21.6 Å². The summed E-state index contributed by atoms with van der Waals surface area (Å²) in [4.78, 5) is 13.2. The van der Waals surface area contributed by atoms with Crippen LogP contribution in [0.2, 0.25) is 10.0 Å². The van der Waals surface area contributed by atoms with Crippen molar-refractivity contribution in [2.75, 3.05) is 5.32 Å². The third-order valence-corrected chi connectivity index (χ3v) is 3.44. The molecule has 1 amide bonds. The Kier molecular flexibility index (Phi) is 4.55. The van der Waals surface area contributed by atoms with Gasteiger partial charge in [0, 0.05) is 21.3 Å². The van der Waals surface area contributed by atoms with E-state index in [9.17, 15) is 4.79 Å². The minimum Gasteiger partial charge on any atom is -0.324 e. The Balaban J connectivity index is 1.66. The van der Waals surface area contributed by atoms with Gasteiger partial charge in [0.1, 0.15) is 6.54 Å². The molecular weight excluding hydrogens is 337 g/mol. The first-order chi connectivity index (χ1) is 11.1. The van der Waals surface area contributed by atoms with E-state index < -0.39 is 0 Å². The number of carbonyl (C=O) groups excluding carboxylic acids is 1. The standard InChI is InChI=1S/C15H11Cl2N5O/c16-11-4-6-13(7-5-11)18-14(23)9-22-20-15(19-21-22)10-2-1-3-12(17)8-10/h1-8H,9H2,(H,18,23). The number of benzene rings is 2. The Bertz CT molecular complexity index is 832. The number of rotatable bonds is 4. The second-order valence-electron chi connectivity index (χ2n) is 4.71. The fourth-order valence-corrected chi connectivity index (χ4v) is 2.23. The molecule has 23 heavy (non-hydrogen) atoms. The Morgan fingerprint density at radius 3 is 2.61 bits per heavy atom. The van der Waals surface area contributed by atoms with Gasteiger partial charge < -0.3 is 5.32 Å². The van der Waals surface area contributed by atoms with Gasteiger partial charge in [-0.05, 0) is 41.6 Å². The zero-order valence-electron chi connectivity index (χ0n) is 11.8. The minimum absolute atomic E-state index is 0.0454. The Morgan fingerprint density at radius 2 is 1.87 bits per heavy atom. The number of hydrogen-bond acceptors (Lipinski definition) is 4. The molecule has 6 nitrogen and oxygen atoms in total. The average Bonchev–Trinajstić information content (AvgIpc) is 2.98. The average molecular weight is 348 g/mol. The smallest absolute Gasteiger partial charge is 0.248 e. The number of aromatic nitrogens is 4. The van der Waals surface area contributed by atoms with Crippen molar-refractivity contribution >= 4 is 34.8 Å². The summed E-state index contributed by atoms with van der Waals surface area (Å²) in [5, 5.41) is 15.9. The molecule has 0 spiro atoms. The van der Waals surface area contributed by atoms with Crippen molar-refractivity contribution in [1.29, 1.82) is 0 Å². The van der Waals surface area contributed by atoms with Crippen molar-refractivity contribution in [3.05, 3.63) is 58.6 Å². The molecule has 0 radical (unpaired) electrons. The van der Waals surface area contributed by atoms with Gasteiger partial charge in [0.15, 0.2) is 0 Å². The molecule has 1 N–H and O–H groups in total. The molecular formula is C15H11Cl2N5O. The topological polar surface area (TPSA) is 72.7 Å². The lowest BCUT2D eigenvalue weighted by molar-refractivity contribution is -0.117. The number of nitrogens with one attached hydrogen (secondary N) is 1. The predicted molar refractivity (Wildman–Crippen MR) is 88.3 cm³/mol. The van der Waals surface area contributed by atoms with Gasteiger partial charge in [-0.25, -0.2) is 0 Å². The first kappa shape index (κ1) is 15.5. The summed E-state index contributed by atoms with van der Waals surface area (Å²) in [7, 11) is 0. The van der Waals surface area contributed by atoms with Crippen molar-refractivity contribution < 1.29 is 4.79 Å². The molecule has 0 bridgehead atoms. The van der Waals surface area contributed by atoms with Crippen LogP contribution in [0.4, 0.5) is 5.69 Å². The zero-order chi connectivity index (χ0) is 16.2. The second kappa shape index (κ2) is 6.76. The molecule has 116 valence electrons. The van der Waals surface area contributed by atoms with Gasteiger partial charge in [-0.2, -0.15) is 4.80 Å². The molecule has 0 fully saturated rings. The van der Waals surface area contributed by atoms with Crippen LogP contribution in [0.5, 0.6) is 0 Å². The molecule has 1 heterocycles. The fraction of sp³-hybridized carbons (Fsp3) is 0.0667. The van der Waals surface area contributed by atoms with Crippen LogP contribution in [0.1, 0.15) is 0 Å². The third kappa shape index (κ3) is 4.06. The van der Waals surface area contributed by atoms with E-state index in [4.69, 9.17) is 23.2 Å². The van der Waals surface area contributed by atoms with Crippen molar-refractivity contribution in [2.45, 2.75) is 6.54 Å². The first-order valence-electron chi connectivity index (χ1n) is 6.69. The summed E-state index contributed by atoms with van der Waals surface area (Å²) in [6, 6.07) is 13.9. The molecule has 0 unspecified atom stereocenters. The maximum absolute atomic E-state index is 12.0. The fourth-order valence-electron chi connectivity index (χ4n) is 1.92. The van der Waals surface area contributed by atoms with Crippen LogP contribution in [0.15, 0.2) is 48.5 Å². The number of amides is 1. The highest BCUT2D eigenvalue weighted by molar-refractivity contribution is 6.31. The van der Waals surface area contributed by atoms with Crippen LogP contribution < -0.4 is 5.32 Å². The van der Waals surface area contributed by atoms with Crippen LogP contribution in [0.25, 0.3) is 11.4 Å². The second-order valence-corrected chi connectivity index (χ2v) is 5.58. The maximum atomic E-state index is 12.0. The number of anilines is 1. The normalized spacial score (nSPS) is 10.5. The van der Waals surface area contributed by atoms with Gasteiger partial charge in [-0.15, -0.1) is 10.2 Å². The highest BCUT2D eigenvalue weighted by Gasteiger charge is 2.10. The van der Waals surface area contributed by atoms with Crippen LogP contribution in [-0.4, -0.2) is 26.1 Å². The van der Waals surface area contributed by atoms with Gasteiger partial charge in [-0.1, -0.05) is 35.3 Å². The summed E-state index contributed by atoms with van der Waals surface area (Å²) in [6.45, 7) is -0.0454. The van der Waals surface area contributed by atoms with E-state index in [1.165, 1.54) is 4.80 Å². The number of halogens is 2. The zero-order valence-corrected chi connectivity index (χ0v) is 13.3. The number of hydrogen-bond donors (Lipinski definition) is 1. The number of nitrogens with zero attached hydrogens (tertiary/aromatic N) is 4. The first-order valence-corrected chi connectivity index (χ1v) is 7.45. The molecule has 3 rings (SSSR count). The number of tetrazole rings is 1. The summed E-state index contributed by atoms with van der Waals surface area (Å²) < 4.78 is 0. The Hall–Kier alpha value is -2.44. The van der Waals surface area contributed by atoms with Crippen LogP contribution in [0, 0.1) is 0 Å². The third-order valence-electron chi connectivity index (χ3n) is 2.95. The van der Waals surface area contributed by atoms with Crippen LogP contribution in [0.3, 0.4) is 0 Å². The summed E-state index contributed by atoms with van der Waals surface area (Å²) in [6.07, 6.45) is 0. The van der Waals surface area contributed by atoms with E-state index in [1.54, 1.807) is 42.5 Å². The molecule has 0 atom stereocenters. The summed E-state index contributed by atoms with van der Waals surface area (Å²) >= 11 is 11.7. The van der Waals surface area contributed by atoms with Crippen LogP contribution >= 0.6 is 23.2 Å². The molecule has 3 aromatic rings. The van der Waals surface area contributed by atoms with Crippen molar-refractivity contribution in [3.63, 3.8) is 0 Å². The highest BCUT2D eigenvalue weighted by atomic mass is 35.5. The summed E-state index contributed by atoms with van der Waals surface area (Å²) in [5.41, 5.74) is 1.39. The SMILES string of the molecule is O=C(Cn1nnc(-c2cccc(Cl)c2)n1)Nc1ccc(Cl)cc1. The van der Waals surface area contributed by atoms with Gasteiger partial charge in [0.2, 0.25) is 11.7 Å². The number of carbonyl (C=O) groups is 1. The van der Waals surface area contributed by atoms with Crippen molar-refractivity contribution in [3.8, 4) is 11.4 Å². The van der Waals surface area contributed by atoms with E-state index >= 15 is 0 Å². The molecule has 2 aromatic carbocycles. The van der Waals surface area contributed by atoms with Gasteiger partial charge in [-0.3, -0.25) is 4.79 Å². The van der Waals surface area contributed by atoms with E-state index in [2.05, 4.69) is 20.7 Å². The lowest BCUT2D eigenvalue weighted by atomic mass is 10.2. The van der Waals surface area contributed by atoms with E-state index in [-0.39, 0.29) is 12.5 Å². The Morgan fingerprint density at radius 1 is 1.09 bits per heavy atom.